The molecule has 1 aliphatic carbocycles. The Balaban J connectivity index is 1.24. The van der Waals surface area contributed by atoms with Crippen LogP contribution in [-0.2, 0) is 24.0 Å². The van der Waals surface area contributed by atoms with E-state index in [1.165, 1.54) is 0 Å². The average molecular weight is 757 g/mol. The normalized spacial score (nSPS) is 18.3. The number of aromatic nitrogens is 2. The summed E-state index contributed by atoms with van der Waals surface area (Å²) in [7, 11) is 0. The summed E-state index contributed by atoms with van der Waals surface area (Å²) in [6, 6.07) is 11.8. The summed E-state index contributed by atoms with van der Waals surface area (Å²) in [5.74, 6) is -1.03. The highest BCUT2D eigenvalue weighted by molar-refractivity contribution is 5.96. The van der Waals surface area contributed by atoms with Crippen LogP contribution in [0.1, 0.15) is 104 Å². The predicted octanol–water partition coefficient (Wildman–Crippen LogP) is 4.48. The number of fused-ring (bicyclic) bond motifs is 1. The van der Waals surface area contributed by atoms with E-state index in [2.05, 4.69) is 40.1 Å². The second-order valence-corrected chi connectivity index (χ2v) is 16.1. The van der Waals surface area contributed by atoms with Crippen molar-refractivity contribution in [3.05, 3.63) is 54.4 Å². The van der Waals surface area contributed by atoms with Crippen molar-refractivity contribution < 1.29 is 24.0 Å². The number of imidazole rings is 1. The molecular weight excluding hydrogens is 697 g/mol. The zero-order valence-corrected chi connectivity index (χ0v) is 33.0. The van der Waals surface area contributed by atoms with Crippen LogP contribution in [0.2, 0.25) is 0 Å². The number of amides is 5. The van der Waals surface area contributed by atoms with Gasteiger partial charge in [0.1, 0.15) is 30.0 Å². The van der Waals surface area contributed by atoms with Crippen LogP contribution >= 0.6 is 0 Å². The van der Waals surface area contributed by atoms with Crippen LogP contribution < -0.4 is 27.0 Å². The van der Waals surface area contributed by atoms with Crippen LogP contribution in [0.5, 0.6) is 0 Å². The zero-order valence-electron chi connectivity index (χ0n) is 33.0. The van der Waals surface area contributed by atoms with Gasteiger partial charge in [-0.15, -0.1) is 0 Å². The fourth-order valence-electron chi connectivity index (χ4n) is 7.74. The number of H-pyrrole nitrogens is 1. The van der Waals surface area contributed by atoms with Crippen molar-refractivity contribution in [2.24, 2.45) is 23.5 Å². The van der Waals surface area contributed by atoms with Crippen LogP contribution in [0.25, 0.3) is 22.2 Å². The van der Waals surface area contributed by atoms with E-state index in [9.17, 15) is 24.0 Å². The van der Waals surface area contributed by atoms with Crippen molar-refractivity contribution in [1.82, 2.24) is 36.1 Å². The molecule has 5 amide bonds. The number of rotatable bonds is 17. The lowest BCUT2D eigenvalue weighted by Gasteiger charge is -2.29. The van der Waals surface area contributed by atoms with Crippen LogP contribution in [0.15, 0.2) is 48.5 Å². The fourth-order valence-corrected chi connectivity index (χ4v) is 7.74. The lowest BCUT2D eigenvalue weighted by atomic mass is 9.97. The van der Waals surface area contributed by atoms with E-state index in [4.69, 9.17) is 10.7 Å². The molecule has 1 saturated heterocycles. The van der Waals surface area contributed by atoms with Crippen LogP contribution in [0.3, 0.4) is 0 Å². The van der Waals surface area contributed by atoms with E-state index in [0.717, 1.165) is 54.3 Å². The molecule has 5 atom stereocenters. The summed E-state index contributed by atoms with van der Waals surface area (Å²) >= 11 is 0. The molecular formula is C42H60N8O5. The number of para-hydroxylation sites is 1. The third-order valence-corrected chi connectivity index (χ3v) is 11.0. The van der Waals surface area contributed by atoms with Gasteiger partial charge in [0.2, 0.25) is 29.5 Å². The number of carbonyl (C=O) groups excluding carboxylic acids is 5. The summed E-state index contributed by atoms with van der Waals surface area (Å²) < 4.78 is 0. The molecule has 1 saturated carbocycles. The molecule has 0 spiro atoms. The van der Waals surface area contributed by atoms with E-state index in [1.807, 2.05) is 55.5 Å². The molecule has 5 rings (SSSR count). The molecule has 55 heavy (non-hydrogen) atoms. The first-order chi connectivity index (χ1) is 26.4. The number of aromatic amines is 1. The lowest BCUT2D eigenvalue weighted by Crippen LogP contribution is -2.60. The first kappa shape index (κ1) is 41.4. The number of nitrogens with two attached hydrogens (primary N) is 1. The first-order valence-electron chi connectivity index (χ1n) is 20.1. The third-order valence-electron chi connectivity index (χ3n) is 11.0. The van der Waals surface area contributed by atoms with Gasteiger partial charge in [0.05, 0.1) is 17.1 Å². The van der Waals surface area contributed by atoms with Crippen molar-refractivity contribution in [2.75, 3.05) is 13.1 Å². The molecule has 2 aliphatic rings. The fraction of sp³-hybridized carbons (Fsp3) is 0.571. The third kappa shape index (κ3) is 10.7. The Kier molecular flexibility index (Phi) is 14.4. The van der Waals surface area contributed by atoms with Gasteiger partial charge in [-0.05, 0) is 62.0 Å². The van der Waals surface area contributed by atoms with Crippen molar-refractivity contribution in [3.8, 4) is 11.1 Å². The van der Waals surface area contributed by atoms with Crippen LogP contribution in [0.4, 0.5) is 0 Å². The number of nitrogens with one attached hydrogen (secondary N) is 5. The topological polar surface area (TPSA) is 191 Å². The van der Waals surface area contributed by atoms with Gasteiger partial charge in [-0.25, -0.2) is 4.98 Å². The number of hydrogen-bond acceptors (Lipinski definition) is 7. The molecule has 2 aromatic carbocycles. The number of likely N-dealkylation sites (tertiary alicyclic amines) is 1. The smallest absolute Gasteiger partial charge is 0.244 e. The van der Waals surface area contributed by atoms with Gasteiger partial charge in [0, 0.05) is 25.1 Å². The molecule has 298 valence electrons. The first-order valence-corrected chi connectivity index (χ1v) is 20.1. The summed E-state index contributed by atoms with van der Waals surface area (Å²) in [5, 5.41) is 11.5. The lowest BCUT2D eigenvalue weighted by molar-refractivity contribution is -0.140. The molecule has 2 heterocycles. The Morgan fingerprint density at radius 3 is 2.18 bits per heavy atom. The van der Waals surface area contributed by atoms with E-state index >= 15 is 0 Å². The van der Waals surface area contributed by atoms with Crippen molar-refractivity contribution in [3.63, 3.8) is 0 Å². The van der Waals surface area contributed by atoms with Crippen LogP contribution in [-0.4, -0.2) is 81.7 Å². The molecule has 3 aromatic rings. The number of nitrogens with zero attached hydrogens (tertiary/aromatic N) is 2. The Morgan fingerprint density at radius 1 is 0.818 bits per heavy atom. The summed E-state index contributed by atoms with van der Waals surface area (Å²) in [5.41, 5.74) is 9.71. The number of hydrogen-bond donors (Lipinski definition) is 6. The Bertz CT molecular complexity index is 1790. The largest absolute Gasteiger partial charge is 0.345 e. The second-order valence-electron chi connectivity index (χ2n) is 16.1. The van der Waals surface area contributed by atoms with Gasteiger partial charge in [-0.3, -0.25) is 24.0 Å². The van der Waals surface area contributed by atoms with E-state index in [0.29, 0.717) is 44.0 Å². The standard InChI is InChI=1S/C42H60N8O5/c1-25(2)20-21-35(51)50-22-12-19-34(50)41(54)49-36(26(3)4)42(55)47-33(24-43)40(53)46-32(23-28-13-9-10-14-28)39(52)44-27(5)38-45-31-18-11-17-30(37(31)48-38)29-15-7-6-8-16-29/h6-8,11,15-18,25-28,32-34,36H,9-10,12-14,19-24,43H2,1-5H3,(H,44,52)(H,45,48)(H,46,53)(H,47,55)(H,49,54)/t27-,32-,33-,34-,36-/m0/s1. The minimum atomic E-state index is -1.14. The molecule has 1 aliphatic heterocycles. The number of benzene rings is 2. The van der Waals surface area contributed by atoms with E-state index in [-0.39, 0.29) is 36.1 Å². The van der Waals surface area contributed by atoms with Crippen molar-refractivity contribution in [2.45, 2.75) is 123 Å². The molecule has 7 N–H and O–H groups in total. The zero-order chi connectivity index (χ0) is 39.6. The predicted molar refractivity (Wildman–Crippen MR) is 213 cm³/mol. The molecule has 0 radical (unpaired) electrons. The quantitative estimate of drug-likeness (QED) is 0.117. The summed E-state index contributed by atoms with van der Waals surface area (Å²) in [4.78, 5) is 77.6. The molecule has 13 nitrogen and oxygen atoms in total. The Hall–Kier alpha value is -4.78. The van der Waals surface area contributed by atoms with Gasteiger partial charge in [-0.2, -0.15) is 0 Å². The minimum Gasteiger partial charge on any atom is -0.345 e. The van der Waals surface area contributed by atoms with E-state index < -0.39 is 42.0 Å². The van der Waals surface area contributed by atoms with Gasteiger partial charge in [-0.1, -0.05) is 95.8 Å². The highest BCUT2D eigenvalue weighted by atomic mass is 16.2. The molecule has 0 bridgehead atoms. The van der Waals surface area contributed by atoms with Crippen molar-refractivity contribution >= 4 is 40.6 Å². The molecule has 13 heteroatoms. The molecule has 0 unspecified atom stereocenters. The second kappa shape index (κ2) is 19.2. The molecule has 2 fully saturated rings. The maximum absolute atomic E-state index is 13.9. The van der Waals surface area contributed by atoms with Gasteiger partial charge in [0.15, 0.2) is 0 Å². The van der Waals surface area contributed by atoms with Crippen LogP contribution in [0, 0.1) is 17.8 Å². The SMILES string of the molecule is CC(C)CCC(=O)N1CCC[C@H]1C(=O)N[C@H](C(=O)N[C@@H](CN)C(=O)N[C@@H](CC1CCCC1)C(=O)N[C@@H](C)c1nc2c(-c3ccccc3)cccc2[nH]1)C(C)C. The van der Waals surface area contributed by atoms with Gasteiger partial charge >= 0.3 is 0 Å². The number of carbonyl (C=O) groups is 5. The highest BCUT2D eigenvalue weighted by Gasteiger charge is 2.37. The maximum Gasteiger partial charge on any atom is 0.244 e. The average Bonchev–Trinajstić information content (AvgIpc) is 3.96. The monoisotopic (exact) mass is 756 g/mol. The minimum absolute atomic E-state index is 0.0582. The van der Waals surface area contributed by atoms with Gasteiger partial charge < -0.3 is 36.9 Å². The summed E-state index contributed by atoms with van der Waals surface area (Å²) in [6.45, 7) is 9.85. The highest BCUT2D eigenvalue weighted by Crippen LogP contribution is 2.30. The Labute approximate surface area is 324 Å². The van der Waals surface area contributed by atoms with E-state index in [1.54, 1.807) is 18.7 Å². The van der Waals surface area contributed by atoms with Crippen molar-refractivity contribution in [1.29, 1.82) is 0 Å². The summed E-state index contributed by atoms with van der Waals surface area (Å²) in [6.07, 6.45) is 6.87. The maximum atomic E-state index is 13.9. The Morgan fingerprint density at radius 2 is 1.51 bits per heavy atom. The van der Waals surface area contributed by atoms with Gasteiger partial charge in [0.25, 0.3) is 0 Å². The molecule has 1 aromatic heterocycles.